The Balaban J connectivity index is 1.44. The Hall–Kier alpha value is -2.42. The minimum atomic E-state index is -0.631. The molecule has 172 valence electrons. The summed E-state index contributed by atoms with van der Waals surface area (Å²) in [6.45, 7) is 8.63. The Bertz CT molecular complexity index is 953. The van der Waals surface area contributed by atoms with Gasteiger partial charge in [0, 0.05) is 56.7 Å². The fourth-order valence-corrected chi connectivity index (χ4v) is 4.79. The quantitative estimate of drug-likeness (QED) is 0.689. The molecule has 0 atom stereocenters. The number of piperazine rings is 1. The molecule has 4 rings (SSSR count). The minimum Gasteiger partial charge on any atom is -0.371 e. The summed E-state index contributed by atoms with van der Waals surface area (Å²) in [6.07, 6.45) is 2.92. The Labute approximate surface area is 194 Å². The lowest BCUT2D eigenvalue weighted by molar-refractivity contribution is 0.0982. The standard InChI is InChI=1S/C23H32ClN7O/c1-3-19-21(24)28-23(20(27-19)22(25)32)26-16-5-4-6-18(15-16)30-9-7-17(8-10-30)31-13-11-29(2)12-14-31/h4-6,15,17H,3,7-14H2,1-2H3,(H2,25,32)(H,26,28). The number of hydrogen-bond donors (Lipinski definition) is 2. The summed E-state index contributed by atoms with van der Waals surface area (Å²) in [5.74, 6) is -0.348. The first-order valence-electron chi connectivity index (χ1n) is 11.4. The van der Waals surface area contributed by atoms with Crippen LogP contribution in [0.1, 0.15) is 35.9 Å². The van der Waals surface area contributed by atoms with Gasteiger partial charge in [0.05, 0.1) is 5.69 Å². The molecule has 3 heterocycles. The first-order chi connectivity index (χ1) is 15.4. The molecule has 0 spiro atoms. The lowest BCUT2D eigenvalue weighted by Crippen LogP contribution is -2.52. The summed E-state index contributed by atoms with van der Waals surface area (Å²) in [6, 6.07) is 8.81. The molecule has 0 radical (unpaired) electrons. The van der Waals surface area contributed by atoms with Crippen LogP contribution in [-0.4, -0.2) is 78.0 Å². The average Bonchev–Trinajstić information content (AvgIpc) is 2.80. The van der Waals surface area contributed by atoms with Crippen LogP contribution >= 0.6 is 11.6 Å². The number of likely N-dealkylation sites (N-methyl/N-ethyl adjacent to an activating group) is 1. The number of hydrogen-bond acceptors (Lipinski definition) is 7. The van der Waals surface area contributed by atoms with Crippen LogP contribution in [0.25, 0.3) is 0 Å². The lowest BCUT2D eigenvalue weighted by atomic mass is 10.0. The third-order valence-electron chi connectivity index (χ3n) is 6.48. The summed E-state index contributed by atoms with van der Waals surface area (Å²) in [4.78, 5) is 28.0. The number of nitrogens with zero attached hydrogens (tertiary/aromatic N) is 5. The smallest absolute Gasteiger partial charge is 0.271 e. The number of aromatic nitrogens is 2. The van der Waals surface area contributed by atoms with Crippen molar-refractivity contribution in [2.24, 2.45) is 5.73 Å². The average molecular weight is 458 g/mol. The van der Waals surface area contributed by atoms with Gasteiger partial charge < -0.3 is 20.9 Å². The largest absolute Gasteiger partial charge is 0.371 e. The van der Waals surface area contributed by atoms with Gasteiger partial charge >= 0.3 is 0 Å². The molecule has 8 nitrogen and oxygen atoms in total. The number of benzene rings is 1. The van der Waals surface area contributed by atoms with E-state index in [0.29, 0.717) is 18.2 Å². The number of primary amides is 1. The van der Waals surface area contributed by atoms with Crippen molar-refractivity contribution >= 4 is 34.7 Å². The molecule has 3 N–H and O–H groups in total. The van der Waals surface area contributed by atoms with Crippen molar-refractivity contribution in [2.45, 2.75) is 32.2 Å². The number of amides is 1. The molecule has 0 unspecified atom stereocenters. The summed E-state index contributed by atoms with van der Waals surface area (Å²) in [7, 11) is 2.20. The molecule has 2 aliphatic heterocycles. The van der Waals surface area contributed by atoms with Gasteiger partial charge in [0.1, 0.15) is 0 Å². The maximum atomic E-state index is 11.9. The van der Waals surface area contributed by atoms with Gasteiger partial charge in [-0.05, 0) is 44.5 Å². The third kappa shape index (κ3) is 5.14. The fraction of sp³-hybridized carbons (Fsp3) is 0.522. The van der Waals surface area contributed by atoms with Crippen molar-refractivity contribution in [1.29, 1.82) is 0 Å². The third-order valence-corrected chi connectivity index (χ3v) is 6.78. The van der Waals surface area contributed by atoms with Crippen molar-refractivity contribution in [3.63, 3.8) is 0 Å². The molecule has 1 aromatic carbocycles. The Morgan fingerprint density at radius 1 is 1.16 bits per heavy atom. The maximum absolute atomic E-state index is 11.9. The topological polar surface area (TPSA) is 90.6 Å². The predicted octanol–water partition coefficient (Wildman–Crippen LogP) is 2.75. The maximum Gasteiger partial charge on any atom is 0.271 e. The van der Waals surface area contributed by atoms with E-state index < -0.39 is 5.91 Å². The molecule has 1 amide bonds. The monoisotopic (exact) mass is 457 g/mol. The lowest BCUT2D eigenvalue weighted by Gasteiger charge is -2.42. The van der Waals surface area contributed by atoms with E-state index in [9.17, 15) is 4.79 Å². The van der Waals surface area contributed by atoms with Crippen LogP contribution in [0.15, 0.2) is 24.3 Å². The summed E-state index contributed by atoms with van der Waals surface area (Å²) >= 11 is 6.23. The van der Waals surface area contributed by atoms with E-state index in [1.165, 1.54) is 25.9 Å². The number of nitrogens with two attached hydrogens (primary N) is 1. The highest BCUT2D eigenvalue weighted by Crippen LogP contribution is 2.28. The van der Waals surface area contributed by atoms with Gasteiger partial charge in [0.15, 0.2) is 16.7 Å². The van der Waals surface area contributed by atoms with E-state index in [-0.39, 0.29) is 16.7 Å². The number of piperidine rings is 1. The second-order valence-corrected chi connectivity index (χ2v) is 8.97. The Morgan fingerprint density at radius 2 is 1.88 bits per heavy atom. The Morgan fingerprint density at radius 3 is 2.53 bits per heavy atom. The second-order valence-electron chi connectivity index (χ2n) is 8.61. The number of aryl methyl sites for hydroxylation is 1. The molecule has 1 aromatic heterocycles. The van der Waals surface area contributed by atoms with Crippen LogP contribution in [0.2, 0.25) is 5.15 Å². The van der Waals surface area contributed by atoms with Gasteiger partial charge in [-0.15, -0.1) is 0 Å². The van der Waals surface area contributed by atoms with Gasteiger partial charge in [-0.3, -0.25) is 9.69 Å². The number of rotatable bonds is 6. The highest BCUT2D eigenvalue weighted by molar-refractivity contribution is 6.30. The summed E-state index contributed by atoms with van der Waals surface area (Å²) < 4.78 is 0. The van der Waals surface area contributed by atoms with Crippen LogP contribution < -0.4 is 16.0 Å². The summed E-state index contributed by atoms with van der Waals surface area (Å²) in [5, 5.41) is 3.47. The number of carbonyl (C=O) groups excluding carboxylic acids is 1. The minimum absolute atomic E-state index is 0.102. The fourth-order valence-electron chi connectivity index (χ4n) is 4.53. The van der Waals surface area contributed by atoms with Gasteiger partial charge in [-0.2, -0.15) is 0 Å². The molecule has 2 fully saturated rings. The van der Waals surface area contributed by atoms with Crippen LogP contribution in [0.3, 0.4) is 0 Å². The van der Waals surface area contributed by atoms with Crippen molar-refractivity contribution in [3.8, 4) is 0 Å². The van der Waals surface area contributed by atoms with Gasteiger partial charge in [-0.25, -0.2) is 9.97 Å². The van der Waals surface area contributed by atoms with E-state index >= 15 is 0 Å². The number of halogens is 1. The molecule has 2 aromatic rings. The molecule has 2 saturated heterocycles. The zero-order valence-corrected chi connectivity index (χ0v) is 19.6. The molecular formula is C23H32ClN7O. The van der Waals surface area contributed by atoms with Crippen LogP contribution in [-0.2, 0) is 6.42 Å². The van der Waals surface area contributed by atoms with E-state index in [1.807, 2.05) is 19.1 Å². The molecule has 0 saturated carbocycles. The number of carbonyl (C=O) groups is 1. The van der Waals surface area contributed by atoms with Crippen LogP contribution in [0.5, 0.6) is 0 Å². The highest BCUT2D eigenvalue weighted by atomic mass is 35.5. The normalized spacial score (nSPS) is 18.7. The molecule has 9 heteroatoms. The van der Waals surface area contributed by atoms with E-state index in [4.69, 9.17) is 17.3 Å². The SMILES string of the molecule is CCc1nc(C(N)=O)c(Nc2cccc(N3CCC(N4CCN(C)CC4)CC3)c2)nc1Cl. The molecule has 0 aliphatic carbocycles. The van der Waals surface area contributed by atoms with Gasteiger partial charge in [0.25, 0.3) is 5.91 Å². The van der Waals surface area contributed by atoms with Crippen molar-refractivity contribution < 1.29 is 4.79 Å². The first kappa shape index (κ1) is 22.8. The zero-order chi connectivity index (χ0) is 22.7. The molecule has 2 aliphatic rings. The molecular weight excluding hydrogens is 426 g/mol. The van der Waals surface area contributed by atoms with Gasteiger partial charge in [0.2, 0.25) is 0 Å². The zero-order valence-electron chi connectivity index (χ0n) is 18.9. The van der Waals surface area contributed by atoms with E-state index in [1.54, 1.807) is 0 Å². The molecule has 32 heavy (non-hydrogen) atoms. The number of nitrogens with one attached hydrogen (secondary N) is 1. The van der Waals surface area contributed by atoms with E-state index in [0.717, 1.165) is 37.6 Å². The number of anilines is 3. The highest BCUT2D eigenvalue weighted by Gasteiger charge is 2.27. The first-order valence-corrected chi connectivity index (χ1v) is 11.7. The van der Waals surface area contributed by atoms with Crippen molar-refractivity contribution in [1.82, 2.24) is 19.8 Å². The van der Waals surface area contributed by atoms with Crippen LogP contribution in [0, 0.1) is 0 Å². The van der Waals surface area contributed by atoms with Crippen molar-refractivity contribution in [3.05, 3.63) is 40.8 Å². The Kier molecular flexibility index (Phi) is 7.13. The van der Waals surface area contributed by atoms with E-state index in [2.05, 4.69) is 49.2 Å². The van der Waals surface area contributed by atoms with Crippen molar-refractivity contribution in [2.75, 3.05) is 56.5 Å². The van der Waals surface area contributed by atoms with Crippen LogP contribution in [0.4, 0.5) is 17.2 Å². The summed E-state index contributed by atoms with van der Waals surface area (Å²) in [5.41, 5.74) is 8.16. The predicted molar refractivity (Wildman–Crippen MR) is 129 cm³/mol. The van der Waals surface area contributed by atoms with Gasteiger partial charge in [-0.1, -0.05) is 24.6 Å². The second kappa shape index (κ2) is 10.0. The molecule has 0 bridgehead atoms.